The van der Waals surface area contributed by atoms with Gasteiger partial charge in [-0.3, -0.25) is 4.79 Å². The molecule has 1 aliphatic carbocycles. The van der Waals surface area contributed by atoms with Gasteiger partial charge in [0, 0.05) is 0 Å². The average molecular weight is 249 g/mol. The highest BCUT2D eigenvalue weighted by atomic mass is 35.5. The van der Waals surface area contributed by atoms with E-state index in [1.54, 1.807) is 6.08 Å². The lowest BCUT2D eigenvalue weighted by Crippen LogP contribution is -2.28. The number of halogens is 1. The van der Waals surface area contributed by atoms with E-state index in [4.69, 9.17) is 11.6 Å². The fourth-order valence-electron chi connectivity index (χ4n) is 2.14. The lowest BCUT2D eigenvalue weighted by Gasteiger charge is -2.24. The molecule has 1 atom stereocenters. The van der Waals surface area contributed by atoms with E-state index in [2.05, 4.69) is 18.7 Å². The van der Waals surface area contributed by atoms with Crippen LogP contribution in [0.3, 0.4) is 0 Å². The fraction of sp³-hybridized carbons (Fsp3) is 0.400. The number of rotatable bonds is 5. The predicted octanol–water partition coefficient (Wildman–Crippen LogP) is 4.16. The molecule has 0 aromatic heterocycles. The molecule has 2 heteroatoms. The molecule has 1 nitrogen and oxygen atoms in total. The van der Waals surface area contributed by atoms with Crippen molar-refractivity contribution in [3.8, 4) is 0 Å². The Labute approximate surface area is 107 Å². The summed E-state index contributed by atoms with van der Waals surface area (Å²) in [5.41, 5.74) is 1.70. The third-order valence-electron chi connectivity index (χ3n) is 3.58. The predicted molar refractivity (Wildman–Crippen MR) is 71.4 cm³/mol. The van der Waals surface area contributed by atoms with Crippen LogP contribution in [0.4, 0.5) is 0 Å². The standard InChI is InChI=1S/C15H17ClO/c1-3-10-15(2,14(16)17)13-8-6-12(7-9-13)11-4-5-11/h3,6-9,11H,1,4-5,10H2,2H3. The van der Waals surface area contributed by atoms with Gasteiger partial charge in [0.1, 0.15) is 0 Å². The van der Waals surface area contributed by atoms with Gasteiger partial charge in [0.05, 0.1) is 5.41 Å². The molecular weight excluding hydrogens is 232 g/mol. The van der Waals surface area contributed by atoms with Crippen molar-refractivity contribution in [3.63, 3.8) is 0 Å². The van der Waals surface area contributed by atoms with E-state index in [1.807, 2.05) is 19.1 Å². The molecule has 1 aliphatic rings. The maximum absolute atomic E-state index is 11.6. The monoisotopic (exact) mass is 248 g/mol. The lowest BCUT2D eigenvalue weighted by molar-refractivity contribution is -0.116. The highest BCUT2D eigenvalue weighted by Crippen LogP contribution is 2.41. The first-order valence-corrected chi connectivity index (χ1v) is 6.37. The van der Waals surface area contributed by atoms with Gasteiger partial charge in [0.2, 0.25) is 5.24 Å². The van der Waals surface area contributed by atoms with E-state index in [-0.39, 0.29) is 5.24 Å². The quantitative estimate of drug-likeness (QED) is 0.565. The molecular formula is C15H17ClO. The first-order chi connectivity index (χ1) is 8.08. The zero-order valence-electron chi connectivity index (χ0n) is 10.1. The van der Waals surface area contributed by atoms with Crippen LogP contribution in [0.1, 0.15) is 43.2 Å². The van der Waals surface area contributed by atoms with Gasteiger partial charge in [-0.1, -0.05) is 30.3 Å². The zero-order chi connectivity index (χ0) is 12.5. The third-order valence-corrected chi connectivity index (χ3v) is 4.00. The van der Waals surface area contributed by atoms with Gasteiger partial charge in [0.25, 0.3) is 0 Å². The molecule has 0 radical (unpaired) electrons. The smallest absolute Gasteiger partial charge is 0.232 e. The third kappa shape index (κ3) is 2.44. The number of benzene rings is 1. The van der Waals surface area contributed by atoms with Gasteiger partial charge in [0.15, 0.2) is 0 Å². The topological polar surface area (TPSA) is 17.1 Å². The minimum atomic E-state index is -0.647. The highest BCUT2D eigenvalue weighted by molar-refractivity contribution is 6.65. The number of carbonyl (C=O) groups excluding carboxylic acids is 1. The Morgan fingerprint density at radius 2 is 2.06 bits per heavy atom. The summed E-state index contributed by atoms with van der Waals surface area (Å²) in [6, 6.07) is 8.29. The van der Waals surface area contributed by atoms with Crippen molar-refractivity contribution in [2.45, 2.75) is 37.5 Å². The van der Waals surface area contributed by atoms with E-state index in [1.165, 1.54) is 18.4 Å². The van der Waals surface area contributed by atoms with Gasteiger partial charge in [-0.25, -0.2) is 0 Å². The van der Waals surface area contributed by atoms with Crippen LogP contribution in [0.2, 0.25) is 0 Å². The second kappa shape index (κ2) is 4.66. The zero-order valence-corrected chi connectivity index (χ0v) is 10.8. The van der Waals surface area contributed by atoms with Crippen molar-refractivity contribution in [3.05, 3.63) is 48.0 Å². The first-order valence-electron chi connectivity index (χ1n) is 5.99. The number of allylic oxidation sites excluding steroid dienone is 1. The second-order valence-corrected chi connectivity index (χ2v) is 5.34. The highest BCUT2D eigenvalue weighted by Gasteiger charge is 2.33. The van der Waals surface area contributed by atoms with E-state index in [0.29, 0.717) is 6.42 Å². The molecule has 90 valence electrons. The molecule has 0 bridgehead atoms. The van der Waals surface area contributed by atoms with Crippen LogP contribution in [0.25, 0.3) is 0 Å². The van der Waals surface area contributed by atoms with Crippen LogP contribution in [0, 0.1) is 0 Å². The van der Waals surface area contributed by atoms with Crippen LogP contribution in [0.5, 0.6) is 0 Å². The number of carbonyl (C=O) groups is 1. The van der Waals surface area contributed by atoms with Crippen molar-refractivity contribution < 1.29 is 4.79 Å². The molecule has 0 spiro atoms. The average Bonchev–Trinajstić information content (AvgIpc) is 3.13. The Morgan fingerprint density at radius 1 is 1.47 bits per heavy atom. The SMILES string of the molecule is C=CCC(C)(C(=O)Cl)c1ccc(C2CC2)cc1. The summed E-state index contributed by atoms with van der Waals surface area (Å²) in [5, 5.41) is -0.323. The maximum atomic E-state index is 11.6. The Hall–Kier alpha value is -1.08. The van der Waals surface area contributed by atoms with Crippen LogP contribution < -0.4 is 0 Å². The Balaban J connectivity index is 2.29. The lowest BCUT2D eigenvalue weighted by atomic mass is 9.80. The van der Waals surface area contributed by atoms with Gasteiger partial charge in [-0.05, 0) is 54.8 Å². The summed E-state index contributed by atoms with van der Waals surface area (Å²) < 4.78 is 0. The Kier molecular flexibility index (Phi) is 3.39. The Morgan fingerprint density at radius 3 is 2.47 bits per heavy atom. The summed E-state index contributed by atoms with van der Waals surface area (Å²) in [6.45, 7) is 5.57. The first kappa shape index (κ1) is 12.4. The van der Waals surface area contributed by atoms with Gasteiger partial charge >= 0.3 is 0 Å². The summed E-state index contributed by atoms with van der Waals surface area (Å²) in [4.78, 5) is 11.6. The molecule has 1 aromatic rings. The minimum absolute atomic E-state index is 0.323. The van der Waals surface area contributed by atoms with Crippen LogP contribution >= 0.6 is 11.6 Å². The summed E-state index contributed by atoms with van der Waals surface area (Å²) >= 11 is 5.73. The number of hydrogen-bond donors (Lipinski definition) is 0. The largest absolute Gasteiger partial charge is 0.280 e. The van der Waals surface area contributed by atoms with Crippen molar-refractivity contribution in [1.29, 1.82) is 0 Å². The van der Waals surface area contributed by atoms with Gasteiger partial charge in [-0.15, -0.1) is 6.58 Å². The molecule has 17 heavy (non-hydrogen) atoms. The maximum Gasteiger partial charge on any atom is 0.232 e. The molecule has 2 rings (SSSR count). The van der Waals surface area contributed by atoms with Gasteiger partial charge < -0.3 is 0 Å². The van der Waals surface area contributed by atoms with Crippen molar-refractivity contribution >= 4 is 16.8 Å². The molecule has 0 aliphatic heterocycles. The molecule has 1 unspecified atom stereocenters. The summed E-state index contributed by atoms with van der Waals surface area (Å²) in [5.74, 6) is 0.737. The normalized spacial score (nSPS) is 18.5. The van der Waals surface area contributed by atoms with Crippen molar-refractivity contribution in [2.75, 3.05) is 0 Å². The molecule has 1 aromatic carbocycles. The van der Waals surface area contributed by atoms with Gasteiger partial charge in [-0.2, -0.15) is 0 Å². The van der Waals surface area contributed by atoms with E-state index >= 15 is 0 Å². The summed E-state index contributed by atoms with van der Waals surface area (Å²) in [7, 11) is 0. The van der Waals surface area contributed by atoms with Crippen molar-refractivity contribution in [2.24, 2.45) is 0 Å². The molecule has 0 saturated heterocycles. The summed E-state index contributed by atoms with van der Waals surface area (Å²) in [6.07, 6.45) is 4.89. The second-order valence-electron chi connectivity index (χ2n) is 4.99. The van der Waals surface area contributed by atoms with E-state index < -0.39 is 5.41 Å². The molecule has 0 heterocycles. The van der Waals surface area contributed by atoms with E-state index in [0.717, 1.165) is 11.5 Å². The fourth-order valence-corrected chi connectivity index (χ4v) is 2.33. The van der Waals surface area contributed by atoms with Crippen LogP contribution in [0.15, 0.2) is 36.9 Å². The number of hydrogen-bond acceptors (Lipinski definition) is 1. The van der Waals surface area contributed by atoms with Crippen molar-refractivity contribution in [1.82, 2.24) is 0 Å². The molecule has 1 fully saturated rings. The van der Waals surface area contributed by atoms with Crippen LogP contribution in [-0.4, -0.2) is 5.24 Å². The Bertz CT molecular complexity index is 431. The van der Waals surface area contributed by atoms with E-state index in [9.17, 15) is 4.79 Å². The molecule has 0 amide bonds. The minimum Gasteiger partial charge on any atom is -0.280 e. The van der Waals surface area contributed by atoms with Crippen LogP contribution in [-0.2, 0) is 10.2 Å². The molecule has 1 saturated carbocycles. The molecule has 0 N–H and O–H groups in total.